The molecule has 1 fully saturated rings. The molecule has 0 heterocycles. The summed E-state index contributed by atoms with van der Waals surface area (Å²) in [4.78, 5) is 2.59. The molecule has 0 saturated heterocycles. The standard InChI is InChI=1S/C14H30N2O/c1-4-5-6-14(11-15)16(9-10-17-3)12(2)13-7-8-13/h12-14H,4-11,15H2,1-3H3. The minimum atomic E-state index is 0.542. The van der Waals surface area contributed by atoms with Gasteiger partial charge in [0.25, 0.3) is 0 Å². The molecular formula is C14H30N2O. The average Bonchev–Trinajstić information content (AvgIpc) is 3.16. The number of unbranched alkanes of at least 4 members (excludes halogenated alkanes) is 1. The largest absolute Gasteiger partial charge is 0.383 e. The number of rotatable bonds is 10. The number of hydrogen-bond donors (Lipinski definition) is 1. The van der Waals surface area contributed by atoms with E-state index < -0.39 is 0 Å². The first-order valence-corrected chi connectivity index (χ1v) is 7.19. The lowest BCUT2D eigenvalue weighted by atomic mass is 10.0. The van der Waals surface area contributed by atoms with Gasteiger partial charge in [-0.05, 0) is 32.1 Å². The van der Waals surface area contributed by atoms with Crippen LogP contribution in [0.3, 0.4) is 0 Å². The molecule has 3 heteroatoms. The van der Waals surface area contributed by atoms with Crippen molar-refractivity contribution in [2.45, 2.75) is 58.0 Å². The predicted octanol–water partition coefficient (Wildman–Crippen LogP) is 2.25. The van der Waals surface area contributed by atoms with Crippen LogP contribution in [0.25, 0.3) is 0 Å². The molecule has 0 spiro atoms. The summed E-state index contributed by atoms with van der Waals surface area (Å²) in [5.74, 6) is 0.905. The fourth-order valence-electron chi connectivity index (χ4n) is 2.62. The van der Waals surface area contributed by atoms with Crippen molar-refractivity contribution in [2.24, 2.45) is 11.7 Å². The second-order valence-corrected chi connectivity index (χ2v) is 5.34. The first-order chi connectivity index (χ1) is 8.24. The Morgan fingerprint density at radius 2 is 2.12 bits per heavy atom. The summed E-state index contributed by atoms with van der Waals surface area (Å²) in [7, 11) is 1.78. The third kappa shape index (κ3) is 4.94. The molecule has 1 aliphatic rings. The third-order valence-corrected chi connectivity index (χ3v) is 4.01. The Morgan fingerprint density at radius 1 is 1.41 bits per heavy atom. The second kappa shape index (κ2) is 8.06. The van der Waals surface area contributed by atoms with Gasteiger partial charge < -0.3 is 10.5 Å². The minimum absolute atomic E-state index is 0.542. The van der Waals surface area contributed by atoms with Crippen LogP contribution in [0.4, 0.5) is 0 Å². The Morgan fingerprint density at radius 3 is 2.59 bits per heavy atom. The highest BCUT2D eigenvalue weighted by Gasteiger charge is 2.34. The monoisotopic (exact) mass is 242 g/mol. The van der Waals surface area contributed by atoms with Gasteiger partial charge in [0, 0.05) is 32.3 Å². The maximum absolute atomic E-state index is 5.96. The average molecular weight is 242 g/mol. The number of hydrogen-bond acceptors (Lipinski definition) is 3. The SMILES string of the molecule is CCCCC(CN)N(CCOC)C(C)C1CC1. The maximum Gasteiger partial charge on any atom is 0.0589 e. The lowest BCUT2D eigenvalue weighted by molar-refractivity contribution is 0.0793. The predicted molar refractivity (Wildman–Crippen MR) is 73.1 cm³/mol. The Bertz CT molecular complexity index is 195. The second-order valence-electron chi connectivity index (χ2n) is 5.34. The number of ether oxygens (including phenoxy) is 1. The normalized spacial score (nSPS) is 19.6. The van der Waals surface area contributed by atoms with Crippen molar-refractivity contribution in [2.75, 3.05) is 26.8 Å². The Hall–Kier alpha value is -0.120. The van der Waals surface area contributed by atoms with E-state index in [1.54, 1.807) is 7.11 Å². The van der Waals surface area contributed by atoms with E-state index in [0.717, 1.165) is 25.6 Å². The summed E-state index contributed by atoms with van der Waals surface area (Å²) in [5, 5.41) is 0. The van der Waals surface area contributed by atoms with E-state index in [4.69, 9.17) is 10.5 Å². The van der Waals surface area contributed by atoms with Gasteiger partial charge >= 0.3 is 0 Å². The number of nitrogens with two attached hydrogens (primary N) is 1. The first-order valence-electron chi connectivity index (χ1n) is 7.19. The molecule has 17 heavy (non-hydrogen) atoms. The van der Waals surface area contributed by atoms with Crippen molar-refractivity contribution in [3.8, 4) is 0 Å². The summed E-state index contributed by atoms with van der Waals surface area (Å²) in [6.07, 6.45) is 6.56. The molecule has 102 valence electrons. The van der Waals surface area contributed by atoms with Gasteiger partial charge in [-0.25, -0.2) is 0 Å². The summed E-state index contributed by atoms with van der Waals surface area (Å²) < 4.78 is 5.24. The molecule has 0 amide bonds. The molecular weight excluding hydrogens is 212 g/mol. The molecule has 0 aromatic carbocycles. The number of nitrogens with zero attached hydrogens (tertiary/aromatic N) is 1. The van der Waals surface area contributed by atoms with Crippen LogP contribution in [0.5, 0.6) is 0 Å². The Kier molecular flexibility index (Phi) is 7.09. The molecule has 3 nitrogen and oxygen atoms in total. The fourth-order valence-corrected chi connectivity index (χ4v) is 2.62. The van der Waals surface area contributed by atoms with Gasteiger partial charge in [-0.3, -0.25) is 4.90 Å². The van der Waals surface area contributed by atoms with Gasteiger partial charge in [0.2, 0.25) is 0 Å². The Balaban J connectivity index is 2.50. The molecule has 1 saturated carbocycles. The van der Waals surface area contributed by atoms with Crippen LogP contribution in [0.1, 0.15) is 46.0 Å². The number of methoxy groups -OCH3 is 1. The van der Waals surface area contributed by atoms with Gasteiger partial charge in [0.05, 0.1) is 6.61 Å². The molecule has 2 atom stereocenters. The molecule has 2 N–H and O–H groups in total. The van der Waals surface area contributed by atoms with Crippen molar-refractivity contribution < 1.29 is 4.74 Å². The maximum atomic E-state index is 5.96. The molecule has 0 radical (unpaired) electrons. The summed E-state index contributed by atoms with van der Waals surface area (Å²) in [5.41, 5.74) is 5.96. The van der Waals surface area contributed by atoms with Crippen molar-refractivity contribution in [1.29, 1.82) is 0 Å². The topological polar surface area (TPSA) is 38.5 Å². The molecule has 2 unspecified atom stereocenters. The zero-order valence-electron chi connectivity index (χ0n) is 11.8. The van der Waals surface area contributed by atoms with E-state index in [0.29, 0.717) is 12.1 Å². The fraction of sp³-hybridized carbons (Fsp3) is 1.00. The summed E-state index contributed by atoms with van der Waals surface area (Å²) in [6, 6.07) is 1.22. The smallest absolute Gasteiger partial charge is 0.0589 e. The lowest BCUT2D eigenvalue weighted by Gasteiger charge is -2.36. The van der Waals surface area contributed by atoms with Crippen molar-refractivity contribution in [1.82, 2.24) is 4.90 Å². The van der Waals surface area contributed by atoms with Gasteiger partial charge in [-0.2, -0.15) is 0 Å². The van der Waals surface area contributed by atoms with Crippen LogP contribution < -0.4 is 5.73 Å². The highest BCUT2D eigenvalue weighted by atomic mass is 16.5. The zero-order chi connectivity index (χ0) is 12.7. The summed E-state index contributed by atoms with van der Waals surface area (Å²) in [6.45, 7) is 7.24. The van der Waals surface area contributed by atoms with Crippen LogP contribution >= 0.6 is 0 Å². The molecule has 1 rings (SSSR count). The van der Waals surface area contributed by atoms with Crippen LogP contribution in [-0.2, 0) is 4.74 Å². The Labute approximate surface area is 107 Å². The van der Waals surface area contributed by atoms with E-state index in [1.165, 1.54) is 32.1 Å². The van der Waals surface area contributed by atoms with Crippen molar-refractivity contribution in [3.05, 3.63) is 0 Å². The van der Waals surface area contributed by atoms with Gasteiger partial charge in [0.1, 0.15) is 0 Å². The van der Waals surface area contributed by atoms with Crippen LogP contribution in [0, 0.1) is 5.92 Å². The quantitative estimate of drug-likeness (QED) is 0.638. The van der Waals surface area contributed by atoms with Crippen molar-refractivity contribution in [3.63, 3.8) is 0 Å². The molecule has 0 aliphatic heterocycles. The minimum Gasteiger partial charge on any atom is -0.383 e. The first kappa shape index (κ1) is 14.9. The molecule has 0 bridgehead atoms. The lowest BCUT2D eigenvalue weighted by Crippen LogP contribution is -2.48. The molecule has 0 aromatic rings. The van der Waals surface area contributed by atoms with Crippen molar-refractivity contribution >= 4 is 0 Å². The van der Waals surface area contributed by atoms with Gasteiger partial charge in [-0.15, -0.1) is 0 Å². The van der Waals surface area contributed by atoms with E-state index in [-0.39, 0.29) is 0 Å². The van der Waals surface area contributed by atoms with Gasteiger partial charge in [0.15, 0.2) is 0 Å². The molecule has 1 aliphatic carbocycles. The highest BCUT2D eigenvalue weighted by molar-refractivity contribution is 4.88. The van der Waals surface area contributed by atoms with Crippen LogP contribution in [0.2, 0.25) is 0 Å². The molecule has 0 aromatic heterocycles. The van der Waals surface area contributed by atoms with E-state index in [1.807, 2.05) is 0 Å². The van der Waals surface area contributed by atoms with E-state index >= 15 is 0 Å². The van der Waals surface area contributed by atoms with Gasteiger partial charge in [-0.1, -0.05) is 19.8 Å². The summed E-state index contributed by atoms with van der Waals surface area (Å²) >= 11 is 0. The van der Waals surface area contributed by atoms with Crippen LogP contribution in [-0.4, -0.2) is 43.8 Å². The van der Waals surface area contributed by atoms with Crippen LogP contribution in [0.15, 0.2) is 0 Å². The zero-order valence-corrected chi connectivity index (χ0v) is 11.8. The van der Waals surface area contributed by atoms with E-state index in [2.05, 4.69) is 18.7 Å². The highest BCUT2D eigenvalue weighted by Crippen LogP contribution is 2.36. The van der Waals surface area contributed by atoms with E-state index in [9.17, 15) is 0 Å². The third-order valence-electron chi connectivity index (χ3n) is 4.01.